The van der Waals surface area contributed by atoms with Gasteiger partial charge in [-0.05, 0) is 30.5 Å². The molecule has 0 unspecified atom stereocenters. The molecule has 4 rings (SSSR count). The van der Waals surface area contributed by atoms with Crippen molar-refractivity contribution < 1.29 is 4.42 Å². The Morgan fingerprint density at radius 1 is 1.04 bits per heavy atom. The van der Waals surface area contributed by atoms with E-state index in [9.17, 15) is 0 Å². The van der Waals surface area contributed by atoms with Crippen molar-refractivity contribution in [2.45, 2.75) is 13.5 Å². The fourth-order valence-electron chi connectivity index (χ4n) is 2.45. The Kier molecular flexibility index (Phi) is 4.26. The zero-order chi connectivity index (χ0) is 17.1. The molecule has 0 atom stereocenters. The number of hydrogen-bond donors (Lipinski definition) is 1. The van der Waals surface area contributed by atoms with Gasteiger partial charge in [-0.3, -0.25) is 0 Å². The van der Waals surface area contributed by atoms with Crippen LogP contribution in [0.3, 0.4) is 0 Å². The van der Waals surface area contributed by atoms with E-state index in [1.807, 2.05) is 41.8 Å². The molecule has 4 aromatic rings. The van der Waals surface area contributed by atoms with Gasteiger partial charge in [-0.1, -0.05) is 35.9 Å². The topological polar surface area (TPSA) is 63.8 Å². The van der Waals surface area contributed by atoms with Crippen LogP contribution in [0.5, 0.6) is 0 Å². The van der Waals surface area contributed by atoms with Crippen molar-refractivity contribution in [1.82, 2.24) is 15.2 Å². The van der Waals surface area contributed by atoms with Gasteiger partial charge in [0.1, 0.15) is 11.5 Å². The predicted octanol–water partition coefficient (Wildman–Crippen LogP) is 4.78. The van der Waals surface area contributed by atoms with E-state index in [1.165, 1.54) is 5.56 Å². The largest absolute Gasteiger partial charge is 0.467 e. The Bertz CT molecular complexity index is 948. The number of hydrogen-bond acceptors (Lipinski definition) is 6. The summed E-state index contributed by atoms with van der Waals surface area (Å²) >= 11 is 1.59. The minimum absolute atomic E-state index is 0.536. The Balaban J connectivity index is 1.72. The Morgan fingerprint density at radius 2 is 1.92 bits per heavy atom. The Labute approximate surface area is 149 Å². The van der Waals surface area contributed by atoms with Gasteiger partial charge < -0.3 is 9.73 Å². The summed E-state index contributed by atoms with van der Waals surface area (Å²) in [7, 11) is 0. The van der Waals surface area contributed by atoms with Crippen LogP contribution in [0, 0.1) is 6.92 Å². The second-order valence-electron chi connectivity index (χ2n) is 5.61. The molecule has 6 heteroatoms. The molecule has 25 heavy (non-hydrogen) atoms. The standard InChI is InChI=1S/C19H16N4OS/c1-13-6-8-14(9-7-13)17-19(20-12-15-4-2-10-24-15)21-18(23-22-17)16-5-3-11-25-16/h2-11H,12H2,1H3,(H,20,21,23). The molecule has 124 valence electrons. The average Bonchev–Trinajstić information content (AvgIpc) is 3.34. The van der Waals surface area contributed by atoms with Crippen molar-refractivity contribution >= 4 is 17.2 Å². The normalized spacial score (nSPS) is 10.8. The zero-order valence-electron chi connectivity index (χ0n) is 13.6. The van der Waals surface area contributed by atoms with Gasteiger partial charge in [-0.15, -0.1) is 21.5 Å². The van der Waals surface area contributed by atoms with Crippen LogP contribution in [0.2, 0.25) is 0 Å². The van der Waals surface area contributed by atoms with Gasteiger partial charge in [0.15, 0.2) is 11.6 Å². The van der Waals surface area contributed by atoms with E-state index in [0.717, 1.165) is 21.9 Å². The zero-order valence-corrected chi connectivity index (χ0v) is 14.5. The van der Waals surface area contributed by atoms with E-state index >= 15 is 0 Å². The molecular formula is C19H16N4OS. The lowest BCUT2D eigenvalue weighted by molar-refractivity contribution is 0.518. The van der Waals surface area contributed by atoms with E-state index in [4.69, 9.17) is 9.40 Å². The fourth-order valence-corrected chi connectivity index (χ4v) is 3.10. The fraction of sp³-hybridized carbons (Fsp3) is 0.105. The minimum Gasteiger partial charge on any atom is -0.467 e. The van der Waals surface area contributed by atoms with Gasteiger partial charge in [-0.2, -0.15) is 0 Å². The summed E-state index contributed by atoms with van der Waals surface area (Å²) in [6.07, 6.45) is 1.66. The highest BCUT2D eigenvalue weighted by Crippen LogP contribution is 2.28. The number of nitrogens with one attached hydrogen (secondary N) is 1. The number of thiophene rings is 1. The highest BCUT2D eigenvalue weighted by Gasteiger charge is 2.13. The number of furan rings is 1. The van der Waals surface area contributed by atoms with Crippen LogP contribution >= 0.6 is 11.3 Å². The molecule has 5 nitrogen and oxygen atoms in total. The van der Waals surface area contributed by atoms with Gasteiger partial charge in [0.2, 0.25) is 0 Å². The van der Waals surface area contributed by atoms with Crippen LogP contribution in [-0.4, -0.2) is 15.2 Å². The Morgan fingerprint density at radius 3 is 2.64 bits per heavy atom. The van der Waals surface area contributed by atoms with Gasteiger partial charge in [0.25, 0.3) is 0 Å². The monoisotopic (exact) mass is 348 g/mol. The van der Waals surface area contributed by atoms with E-state index in [1.54, 1.807) is 17.6 Å². The maximum Gasteiger partial charge on any atom is 0.193 e. The van der Waals surface area contributed by atoms with Crippen LogP contribution in [0.4, 0.5) is 5.82 Å². The molecule has 0 bridgehead atoms. The predicted molar refractivity (Wildman–Crippen MR) is 99.3 cm³/mol. The quantitative estimate of drug-likeness (QED) is 0.562. The van der Waals surface area contributed by atoms with E-state index in [-0.39, 0.29) is 0 Å². The average molecular weight is 348 g/mol. The summed E-state index contributed by atoms with van der Waals surface area (Å²) in [6, 6.07) is 15.9. The maximum atomic E-state index is 5.39. The third-order valence-corrected chi connectivity index (χ3v) is 4.63. The maximum absolute atomic E-state index is 5.39. The summed E-state index contributed by atoms with van der Waals surface area (Å²) in [6.45, 7) is 2.60. The minimum atomic E-state index is 0.536. The first-order chi connectivity index (χ1) is 12.3. The molecule has 1 N–H and O–H groups in total. The molecule has 3 aromatic heterocycles. The smallest absolute Gasteiger partial charge is 0.193 e. The number of anilines is 1. The second-order valence-corrected chi connectivity index (χ2v) is 6.56. The molecule has 0 saturated heterocycles. The lowest BCUT2D eigenvalue weighted by atomic mass is 10.1. The van der Waals surface area contributed by atoms with Crippen molar-refractivity contribution in [3.63, 3.8) is 0 Å². The highest BCUT2D eigenvalue weighted by atomic mass is 32.1. The van der Waals surface area contributed by atoms with Crippen molar-refractivity contribution in [3.05, 3.63) is 71.5 Å². The summed E-state index contributed by atoms with van der Waals surface area (Å²) in [5.41, 5.74) is 2.90. The molecule has 0 fully saturated rings. The molecule has 0 aliphatic carbocycles. The second kappa shape index (κ2) is 6.86. The molecule has 0 amide bonds. The Hall–Kier alpha value is -2.99. The van der Waals surface area contributed by atoms with Gasteiger partial charge >= 0.3 is 0 Å². The van der Waals surface area contributed by atoms with Crippen LogP contribution in [0.15, 0.2) is 64.6 Å². The van der Waals surface area contributed by atoms with Crippen molar-refractivity contribution in [2.75, 3.05) is 5.32 Å². The SMILES string of the molecule is Cc1ccc(-c2nnc(-c3cccs3)nc2NCc2ccco2)cc1. The molecule has 0 saturated carbocycles. The number of aryl methyl sites for hydroxylation is 1. The summed E-state index contributed by atoms with van der Waals surface area (Å²) in [5.74, 6) is 2.15. The molecule has 0 aliphatic heterocycles. The first-order valence-electron chi connectivity index (χ1n) is 7.91. The van der Waals surface area contributed by atoms with Gasteiger partial charge in [0, 0.05) is 5.56 Å². The number of benzene rings is 1. The number of rotatable bonds is 5. The van der Waals surface area contributed by atoms with E-state index < -0.39 is 0 Å². The highest BCUT2D eigenvalue weighted by molar-refractivity contribution is 7.13. The first-order valence-corrected chi connectivity index (χ1v) is 8.79. The van der Waals surface area contributed by atoms with Gasteiger partial charge in [0.05, 0.1) is 17.7 Å². The molecule has 3 heterocycles. The van der Waals surface area contributed by atoms with Crippen LogP contribution < -0.4 is 5.32 Å². The third kappa shape index (κ3) is 3.44. The third-order valence-electron chi connectivity index (χ3n) is 3.76. The summed E-state index contributed by atoms with van der Waals surface area (Å²) in [5, 5.41) is 14.1. The van der Waals surface area contributed by atoms with Crippen LogP contribution in [-0.2, 0) is 6.54 Å². The molecule has 1 aromatic carbocycles. The molecule has 0 aliphatic rings. The summed E-state index contributed by atoms with van der Waals surface area (Å²) < 4.78 is 5.39. The molecular weight excluding hydrogens is 332 g/mol. The van der Waals surface area contributed by atoms with Crippen molar-refractivity contribution in [2.24, 2.45) is 0 Å². The van der Waals surface area contributed by atoms with Crippen LogP contribution in [0.1, 0.15) is 11.3 Å². The number of nitrogens with zero attached hydrogens (tertiary/aromatic N) is 3. The van der Waals surface area contributed by atoms with Crippen molar-refractivity contribution in [3.8, 4) is 22.0 Å². The first kappa shape index (κ1) is 15.5. The lowest BCUT2D eigenvalue weighted by Crippen LogP contribution is -2.06. The molecule has 0 spiro atoms. The van der Waals surface area contributed by atoms with E-state index in [0.29, 0.717) is 18.2 Å². The van der Waals surface area contributed by atoms with Crippen molar-refractivity contribution in [1.29, 1.82) is 0 Å². The number of aromatic nitrogens is 3. The van der Waals surface area contributed by atoms with E-state index in [2.05, 4.69) is 34.6 Å². The van der Waals surface area contributed by atoms with Gasteiger partial charge in [-0.25, -0.2) is 4.98 Å². The summed E-state index contributed by atoms with van der Waals surface area (Å²) in [4.78, 5) is 5.69. The lowest BCUT2D eigenvalue weighted by Gasteiger charge is -2.10. The van der Waals surface area contributed by atoms with Crippen LogP contribution in [0.25, 0.3) is 22.0 Å². The molecule has 0 radical (unpaired) electrons.